The minimum Gasteiger partial charge on any atom is -0.498 e. The molecule has 35 heavy (non-hydrogen) atoms. The van der Waals surface area contributed by atoms with Gasteiger partial charge in [-0.3, -0.25) is 0 Å². The first-order valence-electron chi connectivity index (χ1n) is 12.4. The highest BCUT2D eigenvalue weighted by Gasteiger charge is 2.28. The van der Waals surface area contributed by atoms with Crippen LogP contribution in [0.5, 0.6) is 11.5 Å². The lowest BCUT2D eigenvalue weighted by Gasteiger charge is -2.11. The molecule has 0 bridgehead atoms. The van der Waals surface area contributed by atoms with Crippen molar-refractivity contribution >= 4 is 10.9 Å². The topological polar surface area (TPSA) is 36.9 Å². The van der Waals surface area contributed by atoms with Crippen molar-refractivity contribution in [1.82, 2.24) is 0 Å². The molecular weight excluding hydrogens is 456 g/mol. The van der Waals surface area contributed by atoms with E-state index in [0.29, 0.717) is 26.4 Å². The lowest BCUT2D eigenvalue weighted by atomic mass is 10.2. The summed E-state index contributed by atoms with van der Waals surface area (Å²) < 4.78 is 27.4. The van der Waals surface area contributed by atoms with E-state index in [2.05, 4.69) is 68.6 Å². The van der Waals surface area contributed by atoms with Crippen molar-refractivity contribution < 1.29 is 20.3 Å². The molecule has 0 fully saturated rings. The molecule has 0 N–H and O–H groups in total. The van der Waals surface area contributed by atoms with E-state index in [1.807, 2.05) is 38.1 Å². The molecule has 0 heterocycles. The Bertz CT molecular complexity index is 914. The average Bonchev–Trinajstić information content (AvgIpc) is 2.94. The van der Waals surface area contributed by atoms with Crippen molar-refractivity contribution in [3.63, 3.8) is 0 Å². The number of hydrogen-bond donors (Lipinski definition) is 0. The summed E-state index contributed by atoms with van der Waals surface area (Å²) in [6.45, 7) is 15.1. The van der Waals surface area contributed by atoms with Gasteiger partial charge in [0.15, 0.2) is 14.7 Å². The van der Waals surface area contributed by atoms with Gasteiger partial charge in [-0.25, -0.2) is 0 Å². The lowest BCUT2D eigenvalue weighted by molar-refractivity contribution is 0.179. The number of aryl methyl sites for hydroxylation is 1. The quantitative estimate of drug-likeness (QED) is 0.137. The van der Waals surface area contributed by atoms with Crippen molar-refractivity contribution in [1.29, 1.82) is 0 Å². The van der Waals surface area contributed by atoms with Crippen LogP contribution in [-0.2, 0) is 20.4 Å². The Hall–Kier alpha value is -3.31. The van der Waals surface area contributed by atoms with Crippen molar-refractivity contribution in [3.8, 4) is 11.5 Å². The summed E-state index contributed by atoms with van der Waals surface area (Å²) in [6, 6.07) is 25.3. The Morgan fingerprint density at radius 1 is 0.657 bits per heavy atom. The highest BCUT2D eigenvalue weighted by molar-refractivity contribution is 7.97. The van der Waals surface area contributed by atoms with Crippen molar-refractivity contribution in [2.75, 3.05) is 26.4 Å². The molecule has 3 aromatic carbocycles. The molecule has 0 saturated carbocycles. The molecule has 188 valence electrons. The van der Waals surface area contributed by atoms with E-state index >= 15 is 0 Å². The van der Waals surface area contributed by atoms with E-state index in [4.69, 9.17) is 20.3 Å². The van der Waals surface area contributed by atoms with E-state index in [9.17, 15) is 0 Å². The van der Waals surface area contributed by atoms with Gasteiger partial charge in [-0.1, -0.05) is 52.1 Å². The van der Waals surface area contributed by atoms with Crippen molar-refractivity contribution in [2.45, 2.75) is 42.9 Å². The lowest BCUT2D eigenvalue weighted by Crippen LogP contribution is -2.07. The van der Waals surface area contributed by atoms with Crippen LogP contribution in [-0.4, -0.2) is 26.4 Å². The van der Waals surface area contributed by atoms with Crippen molar-refractivity contribution in [2.24, 2.45) is 0 Å². The highest BCUT2D eigenvalue weighted by atomic mass is 32.2. The summed E-state index contributed by atoms with van der Waals surface area (Å²) in [5.74, 6) is 1.64. The van der Waals surface area contributed by atoms with Gasteiger partial charge >= 0.3 is 0 Å². The van der Waals surface area contributed by atoms with Gasteiger partial charge < -0.3 is 18.9 Å². The third-order valence-corrected chi connectivity index (χ3v) is 6.78. The predicted molar refractivity (Wildman–Crippen MR) is 148 cm³/mol. The molecule has 0 atom stereocenters. The Kier molecular flexibility index (Phi) is 13.7. The third kappa shape index (κ3) is 9.83. The standard InChI is InChI=1S/C27H29O4S.C2H6.CH4/c1-4-28-18-20-30-23-8-14-26(15-9-23)32(25-12-6-22(3)7-13-25)27-16-10-24(11-17-27)31-21-19-29-5-2;1-2;/h4-17H,1-2,18-21H2,3H3;1-2H3;1H4/q+1;;/i;;1D. The summed E-state index contributed by atoms with van der Waals surface area (Å²) in [4.78, 5) is 3.70. The fraction of sp³-hybridized carbons (Fsp3) is 0.267. The van der Waals surface area contributed by atoms with Crippen LogP contribution >= 0.6 is 0 Å². The summed E-state index contributed by atoms with van der Waals surface area (Å²) in [6.07, 6.45) is 2.84. The van der Waals surface area contributed by atoms with Gasteiger partial charge in [0.25, 0.3) is 0 Å². The van der Waals surface area contributed by atoms with E-state index in [0.717, 1.165) is 11.5 Å². The van der Waals surface area contributed by atoms with Crippen LogP contribution in [0.3, 0.4) is 0 Å². The van der Waals surface area contributed by atoms with Crippen LogP contribution in [0.1, 0.15) is 28.2 Å². The molecule has 0 aromatic heterocycles. The molecule has 0 radical (unpaired) electrons. The molecule has 0 spiro atoms. The van der Waals surface area contributed by atoms with E-state index in [1.54, 1.807) is 0 Å². The maximum atomic E-state index is 5.75. The second-order valence-corrected chi connectivity index (χ2v) is 8.86. The fourth-order valence-electron chi connectivity index (χ4n) is 3.01. The Balaban J connectivity index is 0.00000154. The van der Waals surface area contributed by atoms with Crippen molar-refractivity contribution in [3.05, 3.63) is 104 Å². The van der Waals surface area contributed by atoms with Crippen LogP contribution in [0, 0.1) is 6.92 Å². The van der Waals surface area contributed by atoms with E-state index < -0.39 is 0 Å². The number of benzene rings is 3. The first-order valence-corrected chi connectivity index (χ1v) is 12.7. The van der Waals surface area contributed by atoms with Gasteiger partial charge in [0.05, 0.1) is 23.4 Å². The van der Waals surface area contributed by atoms with Crippen LogP contribution in [0.2, 0.25) is 0 Å². The smallest absolute Gasteiger partial charge is 0.166 e. The number of ether oxygens (including phenoxy) is 4. The molecule has 0 amide bonds. The second-order valence-electron chi connectivity index (χ2n) is 6.83. The zero-order valence-electron chi connectivity index (χ0n) is 22.4. The third-order valence-electron chi connectivity index (χ3n) is 4.55. The van der Waals surface area contributed by atoms with Gasteiger partial charge in [0, 0.05) is 1.37 Å². The molecular formula is C30H39O4S+. The summed E-state index contributed by atoms with van der Waals surface area (Å²) in [5.41, 5.74) is 1.24. The SMILES string of the molecule is C=COCCOc1ccc([S+](c2ccc(C)cc2)c2ccc(OCCOC=C)cc2)cc1.CC.[2H]C. The van der Waals surface area contributed by atoms with Crippen LogP contribution in [0.4, 0.5) is 0 Å². The highest BCUT2D eigenvalue weighted by Crippen LogP contribution is 2.33. The molecule has 5 heteroatoms. The average molecular weight is 497 g/mol. The first-order chi connectivity index (χ1) is 17.7. The van der Waals surface area contributed by atoms with Crippen LogP contribution in [0.25, 0.3) is 0 Å². The molecule has 3 aromatic rings. The Morgan fingerprint density at radius 3 is 1.34 bits per heavy atom. The number of rotatable bonds is 13. The maximum Gasteiger partial charge on any atom is 0.166 e. The van der Waals surface area contributed by atoms with E-state index in [1.165, 1.54) is 40.2 Å². The van der Waals surface area contributed by atoms with Crippen LogP contribution in [0.15, 0.2) is 113 Å². The van der Waals surface area contributed by atoms with Gasteiger partial charge in [-0.15, -0.1) is 0 Å². The van der Waals surface area contributed by atoms with Gasteiger partial charge in [0.2, 0.25) is 0 Å². The summed E-state index contributed by atoms with van der Waals surface area (Å²) in [7, 11) is 1.01. The molecule has 0 aliphatic carbocycles. The summed E-state index contributed by atoms with van der Waals surface area (Å²) in [5, 5.41) is 0. The second kappa shape index (κ2) is 17.2. The largest absolute Gasteiger partial charge is 0.498 e. The molecule has 0 aliphatic rings. The maximum absolute atomic E-state index is 5.75. The normalized spacial score (nSPS) is 9.91. The predicted octanol–water partition coefficient (Wildman–Crippen LogP) is 7.83. The minimum atomic E-state index is -0.244. The zero-order valence-corrected chi connectivity index (χ0v) is 22.2. The minimum absolute atomic E-state index is 0.244. The zero-order chi connectivity index (χ0) is 26.6. The van der Waals surface area contributed by atoms with Gasteiger partial charge in [-0.05, 0) is 67.6 Å². The molecule has 0 aliphatic heterocycles. The molecule has 4 nitrogen and oxygen atoms in total. The molecule has 0 saturated heterocycles. The first kappa shape index (κ1) is 27.9. The van der Waals surface area contributed by atoms with E-state index in [-0.39, 0.29) is 10.9 Å². The Labute approximate surface area is 216 Å². The molecule has 0 unspecified atom stereocenters. The van der Waals surface area contributed by atoms with Crippen LogP contribution < -0.4 is 9.47 Å². The monoisotopic (exact) mass is 496 g/mol. The molecule has 3 rings (SSSR count). The summed E-state index contributed by atoms with van der Waals surface area (Å²) >= 11 is 0. The number of hydrogen-bond acceptors (Lipinski definition) is 4. The Morgan fingerprint density at radius 2 is 1.00 bits per heavy atom. The fourth-order valence-corrected chi connectivity index (χ4v) is 5.05. The van der Waals surface area contributed by atoms with Gasteiger partial charge in [0.1, 0.15) is 37.9 Å². The van der Waals surface area contributed by atoms with Gasteiger partial charge in [-0.2, -0.15) is 0 Å².